The quantitative estimate of drug-likeness (QED) is 0.380. The second kappa shape index (κ2) is 20.6. The van der Waals surface area contributed by atoms with Crippen LogP contribution in [0.15, 0.2) is 0 Å². The SMILES string of the molecule is O=C([O-])CC(=O)[O-].O=C([O-])CC(=O)[O-].O=C([O-])CC(=O)[O-].[Sc+3].[Sc+3]. The molecule has 0 N–H and O–H groups in total. The third-order valence-electron chi connectivity index (χ3n) is 0.866. The van der Waals surface area contributed by atoms with Crippen molar-refractivity contribution in [3.63, 3.8) is 0 Å². The maximum atomic E-state index is 9.28. The molecule has 0 rings (SSSR count). The van der Waals surface area contributed by atoms with Gasteiger partial charge in [0.1, 0.15) is 0 Å². The molecule has 0 heterocycles. The summed E-state index contributed by atoms with van der Waals surface area (Å²) < 4.78 is 0. The zero-order valence-corrected chi connectivity index (χ0v) is 14.8. The molecule has 0 bridgehead atoms. The summed E-state index contributed by atoms with van der Waals surface area (Å²) in [5, 5.41) is 55.7. The maximum absolute atomic E-state index is 9.28. The Labute approximate surface area is 165 Å². The predicted molar refractivity (Wildman–Crippen MR) is 43.9 cm³/mol. The van der Waals surface area contributed by atoms with Crippen LogP contribution in [0.1, 0.15) is 19.3 Å². The predicted octanol–water partition coefficient (Wildman–Crippen LogP) is -9.38. The molecular formula is C9H6O12Sc2. The zero-order chi connectivity index (χ0) is 17.6. The average Bonchev–Trinajstić information content (AvgIpc) is 2.10. The average molecular weight is 396 g/mol. The van der Waals surface area contributed by atoms with Gasteiger partial charge in [-0.2, -0.15) is 0 Å². The van der Waals surface area contributed by atoms with E-state index < -0.39 is 55.1 Å². The van der Waals surface area contributed by atoms with E-state index in [0.29, 0.717) is 0 Å². The Morgan fingerprint density at radius 1 is 0.391 bits per heavy atom. The molecule has 0 radical (unpaired) electrons. The molecule has 14 heteroatoms. The van der Waals surface area contributed by atoms with Crippen LogP contribution in [0, 0.1) is 0 Å². The summed E-state index contributed by atoms with van der Waals surface area (Å²) >= 11 is 0. The van der Waals surface area contributed by atoms with E-state index in [1.165, 1.54) is 0 Å². The van der Waals surface area contributed by atoms with Gasteiger partial charge in [0.2, 0.25) is 0 Å². The summed E-state index contributed by atoms with van der Waals surface area (Å²) in [4.78, 5) is 55.7. The van der Waals surface area contributed by atoms with Crippen LogP contribution in [0.25, 0.3) is 0 Å². The molecule has 0 saturated carbocycles. The largest absolute Gasteiger partial charge is 3.00 e. The zero-order valence-electron chi connectivity index (χ0n) is 11.2. The van der Waals surface area contributed by atoms with Crippen LogP contribution in [-0.2, 0) is 80.5 Å². The van der Waals surface area contributed by atoms with Gasteiger partial charge in [-0.05, 0) is 0 Å². The van der Waals surface area contributed by atoms with E-state index in [4.69, 9.17) is 0 Å². The second-order valence-corrected chi connectivity index (χ2v) is 2.76. The summed E-state index contributed by atoms with van der Waals surface area (Å²) in [6.45, 7) is 0. The van der Waals surface area contributed by atoms with Gasteiger partial charge >= 0.3 is 51.7 Å². The van der Waals surface area contributed by atoms with Gasteiger partial charge < -0.3 is 59.4 Å². The Morgan fingerprint density at radius 2 is 0.478 bits per heavy atom. The minimum Gasteiger partial charge on any atom is -0.550 e. The number of carbonyl (C=O) groups is 6. The molecular weight excluding hydrogens is 390 g/mol. The first-order chi connectivity index (χ1) is 9.38. The van der Waals surface area contributed by atoms with E-state index in [1.54, 1.807) is 0 Å². The van der Waals surface area contributed by atoms with Gasteiger partial charge in [-0.1, -0.05) is 0 Å². The standard InChI is InChI=1S/3C3H4O4.2Sc/c3*4-2(5)1-3(6)7;;/h3*1H2,(H,4,5)(H,6,7);;/q;;;2*+3/p-6. The molecule has 0 saturated heterocycles. The van der Waals surface area contributed by atoms with E-state index >= 15 is 0 Å². The summed E-state index contributed by atoms with van der Waals surface area (Å²) in [5.74, 6) is -9.75. The van der Waals surface area contributed by atoms with Crippen molar-refractivity contribution >= 4 is 35.8 Å². The molecule has 0 spiro atoms. The van der Waals surface area contributed by atoms with Crippen LogP contribution in [0.5, 0.6) is 0 Å². The van der Waals surface area contributed by atoms with Gasteiger partial charge in [-0.25, -0.2) is 0 Å². The number of carboxylic acids is 6. The molecule has 120 valence electrons. The van der Waals surface area contributed by atoms with Crippen molar-refractivity contribution in [2.24, 2.45) is 0 Å². The van der Waals surface area contributed by atoms with Gasteiger partial charge in [0.05, 0.1) is 0 Å². The minimum absolute atomic E-state index is 0. The van der Waals surface area contributed by atoms with Gasteiger partial charge in [-0.3, -0.25) is 0 Å². The van der Waals surface area contributed by atoms with E-state index in [-0.39, 0.29) is 51.7 Å². The van der Waals surface area contributed by atoms with Gasteiger partial charge in [-0.15, -0.1) is 0 Å². The van der Waals surface area contributed by atoms with E-state index in [0.717, 1.165) is 0 Å². The number of carbonyl (C=O) groups excluding carboxylic acids is 6. The molecule has 23 heavy (non-hydrogen) atoms. The number of hydrogen-bond acceptors (Lipinski definition) is 12. The molecule has 0 aliphatic rings. The summed E-state index contributed by atoms with van der Waals surface area (Å²) in [5.41, 5.74) is 0. The van der Waals surface area contributed by atoms with E-state index in [9.17, 15) is 59.4 Å². The van der Waals surface area contributed by atoms with Crippen LogP contribution in [-0.4, -0.2) is 35.8 Å². The van der Waals surface area contributed by atoms with Crippen molar-refractivity contribution < 1.29 is 111 Å². The van der Waals surface area contributed by atoms with Crippen molar-refractivity contribution in [3.8, 4) is 0 Å². The first kappa shape index (κ1) is 33.2. The van der Waals surface area contributed by atoms with Crippen LogP contribution >= 0.6 is 0 Å². The molecule has 0 fully saturated rings. The topological polar surface area (TPSA) is 241 Å². The van der Waals surface area contributed by atoms with Crippen molar-refractivity contribution in [2.45, 2.75) is 19.3 Å². The Kier molecular flexibility index (Phi) is 29.7. The fourth-order valence-electron chi connectivity index (χ4n) is 0.354. The van der Waals surface area contributed by atoms with Crippen molar-refractivity contribution in [1.82, 2.24) is 0 Å². The van der Waals surface area contributed by atoms with Crippen molar-refractivity contribution in [2.75, 3.05) is 0 Å². The molecule has 0 aromatic heterocycles. The molecule has 0 amide bonds. The van der Waals surface area contributed by atoms with Crippen molar-refractivity contribution in [1.29, 1.82) is 0 Å². The van der Waals surface area contributed by atoms with Gasteiger partial charge in [0.25, 0.3) is 0 Å². The van der Waals surface area contributed by atoms with E-state index in [2.05, 4.69) is 0 Å². The summed E-state index contributed by atoms with van der Waals surface area (Å²) in [7, 11) is 0. The number of rotatable bonds is 6. The first-order valence-electron chi connectivity index (χ1n) is 4.57. The summed E-state index contributed by atoms with van der Waals surface area (Å²) in [6.07, 6.45) is -3.08. The molecule has 0 aromatic rings. The molecule has 0 atom stereocenters. The van der Waals surface area contributed by atoms with Crippen LogP contribution in [0.2, 0.25) is 0 Å². The third kappa shape index (κ3) is 63.5. The third-order valence-corrected chi connectivity index (χ3v) is 0.866. The Hall–Kier alpha value is -1.44. The van der Waals surface area contributed by atoms with Crippen LogP contribution in [0.3, 0.4) is 0 Å². The first-order valence-corrected chi connectivity index (χ1v) is 4.57. The van der Waals surface area contributed by atoms with E-state index in [1.807, 2.05) is 0 Å². The number of aliphatic carboxylic acids is 6. The molecule has 0 aliphatic carbocycles. The molecule has 0 unspecified atom stereocenters. The number of hydrogen-bond donors (Lipinski definition) is 0. The van der Waals surface area contributed by atoms with Crippen LogP contribution in [0.4, 0.5) is 0 Å². The summed E-state index contributed by atoms with van der Waals surface area (Å²) in [6, 6.07) is 0. The Balaban J connectivity index is -0.0000000675. The fourth-order valence-corrected chi connectivity index (χ4v) is 0.354. The monoisotopic (exact) mass is 396 g/mol. The van der Waals surface area contributed by atoms with Crippen LogP contribution < -0.4 is 30.6 Å². The fraction of sp³-hybridized carbons (Fsp3) is 0.333. The Morgan fingerprint density at radius 3 is 0.478 bits per heavy atom. The van der Waals surface area contributed by atoms with Gasteiger partial charge in [0.15, 0.2) is 0 Å². The maximum Gasteiger partial charge on any atom is 3.00 e. The molecule has 12 nitrogen and oxygen atoms in total. The minimum atomic E-state index is -1.63. The smallest absolute Gasteiger partial charge is 0.550 e. The molecule has 0 aromatic carbocycles. The van der Waals surface area contributed by atoms with Gasteiger partial charge in [0, 0.05) is 55.1 Å². The normalized spacial score (nSPS) is 7.30. The second-order valence-electron chi connectivity index (χ2n) is 2.76. The molecule has 0 aliphatic heterocycles. The Bertz CT molecular complexity index is 321. The number of carboxylic acid groups (broad SMARTS) is 6. The van der Waals surface area contributed by atoms with Crippen molar-refractivity contribution in [3.05, 3.63) is 0 Å².